The molecule has 2 aromatic rings. The molecule has 0 radical (unpaired) electrons. The van der Waals surface area contributed by atoms with Crippen LogP contribution < -0.4 is 5.32 Å². The Morgan fingerprint density at radius 1 is 1.05 bits per heavy atom. The first-order valence-corrected chi connectivity index (χ1v) is 8.46. The Morgan fingerprint density at radius 2 is 1.80 bits per heavy atom. The molecule has 0 saturated heterocycles. The van der Waals surface area contributed by atoms with Gasteiger partial charge in [0.1, 0.15) is 11.5 Å². The summed E-state index contributed by atoms with van der Waals surface area (Å²) in [5.41, 5.74) is 1.29. The molecule has 106 valence electrons. The highest BCUT2D eigenvalue weighted by Gasteiger charge is 2.20. The van der Waals surface area contributed by atoms with Gasteiger partial charge < -0.3 is 9.73 Å². The van der Waals surface area contributed by atoms with Crippen molar-refractivity contribution >= 4 is 23.4 Å². The Hall–Kier alpha value is -0.900. The van der Waals surface area contributed by atoms with Crippen molar-refractivity contribution in [2.75, 3.05) is 0 Å². The first-order valence-electron chi connectivity index (χ1n) is 6.93. The van der Waals surface area contributed by atoms with E-state index in [1.54, 1.807) is 0 Å². The molecule has 4 heteroatoms. The lowest BCUT2D eigenvalue weighted by Gasteiger charge is -2.01. The molecule has 3 rings (SSSR count). The summed E-state index contributed by atoms with van der Waals surface area (Å²) in [5, 5.41) is 4.25. The van der Waals surface area contributed by atoms with E-state index < -0.39 is 0 Å². The average molecular weight is 308 g/mol. The smallest absolute Gasteiger partial charge is 0.118 e. The number of furan rings is 1. The molecule has 1 N–H and O–H groups in total. The zero-order chi connectivity index (χ0) is 13.8. The maximum absolute atomic E-state index is 5.87. The van der Waals surface area contributed by atoms with Crippen molar-refractivity contribution in [3.8, 4) is 0 Å². The topological polar surface area (TPSA) is 25.2 Å². The van der Waals surface area contributed by atoms with Crippen LogP contribution in [0.15, 0.2) is 40.8 Å². The molecule has 0 amide bonds. The van der Waals surface area contributed by atoms with E-state index in [2.05, 4.69) is 29.6 Å². The van der Waals surface area contributed by atoms with Gasteiger partial charge in [0.15, 0.2) is 0 Å². The molecule has 1 aromatic carbocycles. The second kappa shape index (κ2) is 6.70. The van der Waals surface area contributed by atoms with E-state index in [1.165, 1.54) is 18.4 Å². The van der Waals surface area contributed by atoms with E-state index in [1.807, 2.05) is 23.9 Å². The first kappa shape index (κ1) is 14.1. The van der Waals surface area contributed by atoms with Crippen LogP contribution in [-0.2, 0) is 18.1 Å². The SMILES string of the molecule is Clc1ccc(CSCc2ccc(CNC3CC3)o2)cc1. The molecule has 20 heavy (non-hydrogen) atoms. The number of benzene rings is 1. The Bertz CT molecular complexity index is 548. The Morgan fingerprint density at radius 3 is 2.55 bits per heavy atom. The van der Waals surface area contributed by atoms with Gasteiger partial charge in [-0.3, -0.25) is 0 Å². The molecule has 1 aromatic heterocycles. The largest absolute Gasteiger partial charge is 0.464 e. The zero-order valence-electron chi connectivity index (χ0n) is 11.3. The van der Waals surface area contributed by atoms with Crippen LogP contribution in [0.3, 0.4) is 0 Å². The molecule has 0 atom stereocenters. The molecule has 0 spiro atoms. The van der Waals surface area contributed by atoms with Crippen LogP contribution in [0.2, 0.25) is 5.02 Å². The summed E-state index contributed by atoms with van der Waals surface area (Å²) in [5.74, 6) is 3.98. The first-order chi connectivity index (χ1) is 9.79. The molecule has 2 nitrogen and oxygen atoms in total. The summed E-state index contributed by atoms with van der Waals surface area (Å²) in [6, 6.07) is 12.9. The number of nitrogens with one attached hydrogen (secondary N) is 1. The predicted molar refractivity (Wildman–Crippen MR) is 85.0 cm³/mol. The molecule has 1 heterocycles. The second-order valence-electron chi connectivity index (χ2n) is 5.14. The molecule has 1 fully saturated rings. The van der Waals surface area contributed by atoms with Crippen molar-refractivity contribution in [2.45, 2.75) is 36.9 Å². The van der Waals surface area contributed by atoms with Crippen molar-refractivity contribution in [1.29, 1.82) is 0 Å². The highest BCUT2D eigenvalue weighted by molar-refractivity contribution is 7.97. The minimum atomic E-state index is 0.725. The van der Waals surface area contributed by atoms with Crippen molar-refractivity contribution in [1.82, 2.24) is 5.32 Å². The van der Waals surface area contributed by atoms with E-state index in [0.29, 0.717) is 0 Å². The molecule has 1 aliphatic carbocycles. The van der Waals surface area contributed by atoms with E-state index in [9.17, 15) is 0 Å². The summed E-state index contributed by atoms with van der Waals surface area (Å²) in [6.07, 6.45) is 2.62. The molecule has 0 bridgehead atoms. The van der Waals surface area contributed by atoms with Crippen molar-refractivity contribution in [3.63, 3.8) is 0 Å². The van der Waals surface area contributed by atoms with E-state index >= 15 is 0 Å². The van der Waals surface area contributed by atoms with E-state index in [4.69, 9.17) is 16.0 Å². The number of hydrogen-bond donors (Lipinski definition) is 1. The molecular weight excluding hydrogens is 290 g/mol. The Balaban J connectivity index is 1.42. The predicted octanol–water partition coefficient (Wildman–Crippen LogP) is 4.62. The van der Waals surface area contributed by atoms with Gasteiger partial charge in [-0.05, 0) is 42.7 Å². The van der Waals surface area contributed by atoms with Crippen LogP contribution >= 0.6 is 23.4 Å². The number of hydrogen-bond acceptors (Lipinski definition) is 3. The third-order valence-corrected chi connectivity index (χ3v) is 4.56. The zero-order valence-corrected chi connectivity index (χ0v) is 12.8. The van der Waals surface area contributed by atoms with E-state index in [-0.39, 0.29) is 0 Å². The Labute approximate surface area is 128 Å². The van der Waals surface area contributed by atoms with E-state index in [0.717, 1.165) is 40.6 Å². The van der Waals surface area contributed by atoms with Gasteiger partial charge >= 0.3 is 0 Å². The van der Waals surface area contributed by atoms with Crippen LogP contribution in [-0.4, -0.2) is 6.04 Å². The monoisotopic (exact) mass is 307 g/mol. The quantitative estimate of drug-likeness (QED) is 0.808. The standard InChI is InChI=1S/C16H18ClNOS/c17-13-3-1-12(2-4-13)10-20-11-16-8-7-15(19-16)9-18-14-5-6-14/h1-4,7-8,14,18H,5-6,9-11H2. The summed E-state index contributed by atoms with van der Waals surface area (Å²) in [4.78, 5) is 0. The molecular formula is C16H18ClNOS. The number of halogens is 1. The maximum atomic E-state index is 5.87. The van der Waals surface area contributed by atoms with Gasteiger partial charge in [-0.15, -0.1) is 11.8 Å². The fraction of sp³-hybridized carbons (Fsp3) is 0.375. The molecule has 0 unspecified atom stereocenters. The van der Waals surface area contributed by atoms with Crippen LogP contribution in [0.4, 0.5) is 0 Å². The third kappa shape index (κ3) is 4.30. The lowest BCUT2D eigenvalue weighted by atomic mass is 10.2. The molecule has 0 aliphatic heterocycles. The third-order valence-electron chi connectivity index (χ3n) is 3.29. The summed E-state index contributed by atoms with van der Waals surface area (Å²) < 4.78 is 5.81. The van der Waals surface area contributed by atoms with Crippen molar-refractivity contribution in [3.05, 3.63) is 58.5 Å². The van der Waals surface area contributed by atoms with Gasteiger partial charge in [0.05, 0.1) is 12.3 Å². The fourth-order valence-electron chi connectivity index (χ4n) is 1.98. The number of rotatable bonds is 7. The molecule has 1 aliphatic rings. The van der Waals surface area contributed by atoms with Gasteiger partial charge in [0.2, 0.25) is 0 Å². The van der Waals surface area contributed by atoms with Crippen molar-refractivity contribution in [2.24, 2.45) is 0 Å². The average Bonchev–Trinajstić information content (AvgIpc) is 3.18. The van der Waals surface area contributed by atoms with Gasteiger partial charge in [-0.2, -0.15) is 0 Å². The van der Waals surface area contributed by atoms with Crippen molar-refractivity contribution < 1.29 is 4.42 Å². The van der Waals surface area contributed by atoms with Crippen LogP contribution in [0.1, 0.15) is 29.9 Å². The highest BCUT2D eigenvalue weighted by Crippen LogP contribution is 2.22. The van der Waals surface area contributed by atoms with Crippen LogP contribution in [0.25, 0.3) is 0 Å². The number of thioether (sulfide) groups is 1. The van der Waals surface area contributed by atoms with Crippen LogP contribution in [0, 0.1) is 0 Å². The van der Waals surface area contributed by atoms with Gasteiger partial charge in [-0.1, -0.05) is 23.7 Å². The summed E-state index contributed by atoms with van der Waals surface area (Å²) in [7, 11) is 0. The van der Waals surface area contributed by atoms with Gasteiger partial charge in [-0.25, -0.2) is 0 Å². The normalized spacial score (nSPS) is 14.7. The van der Waals surface area contributed by atoms with Crippen LogP contribution in [0.5, 0.6) is 0 Å². The lowest BCUT2D eigenvalue weighted by molar-refractivity contribution is 0.458. The van der Waals surface area contributed by atoms with Gasteiger partial charge in [0, 0.05) is 16.8 Å². The Kier molecular flexibility index (Phi) is 4.71. The molecule has 1 saturated carbocycles. The summed E-state index contributed by atoms with van der Waals surface area (Å²) in [6.45, 7) is 0.854. The maximum Gasteiger partial charge on any atom is 0.118 e. The highest BCUT2D eigenvalue weighted by atomic mass is 35.5. The lowest BCUT2D eigenvalue weighted by Crippen LogP contribution is -2.14. The fourth-order valence-corrected chi connectivity index (χ4v) is 2.99. The summed E-state index contributed by atoms with van der Waals surface area (Å²) >= 11 is 7.73. The second-order valence-corrected chi connectivity index (χ2v) is 6.56. The minimum absolute atomic E-state index is 0.725. The van der Waals surface area contributed by atoms with Gasteiger partial charge in [0.25, 0.3) is 0 Å². The minimum Gasteiger partial charge on any atom is -0.464 e.